The van der Waals surface area contributed by atoms with Crippen LogP contribution in [0.15, 0.2) is 46.0 Å². The van der Waals surface area contributed by atoms with Crippen LogP contribution in [-0.4, -0.2) is 87.5 Å². The van der Waals surface area contributed by atoms with Crippen molar-refractivity contribution >= 4 is 23.2 Å². The fourth-order valence-electron chi connectivity index (χ4n) is 6.50. The number of phenolic OH excluding ortho intramolecular Hbond substituents is 1. The van der Waals surface area contributed by atoms with Crippen molar-refractivity contribution < 1.29 is 39.2 Å². The number of amides is 1. The number of aliphatic hydroxyl groups is 3. The van der Waals surface area contributed by atoms with E-state index in [0.717, 1.165) is 0 Å². The molecule has 3 aliphatic rings. The predicted molar refractivity (Wildman–Crippen MR) is 139 cm³/mol. The zero-order chi connectivity index (χ0) is 28.5. The number of hydrogen-bond acceptors (Lipinski definition) is 10. The number of aliphatic hydroxyl groups excluding tert-OH is 2. The molecule has 4 atom stereocenters. The first-order chi connectivity index (χ1) is 18.3. The molecule has 0 saturated heterocycles. The van der Waals surface area contributed by atoms with E-state index in [1.54, 1.807) is 26.4 Å². The Kier molecular flexibility index (Phi) is 6.21. The minimum atomic E-state index is -2.67. The third-order valence-electron chi connectivity index (χ3n) is 8.12. The molecule has 206 valence electrons. The van der Waals surface area contributed by atoms with Crippen LogP contribution in [0.1, 0.15) is 23.1 Å². The maximum absolute atomic E-state index is 14.0. The van der Waals surface area contributed by atoms with Gasteiger partial charge < -0.3 is 35.5 Å². The van der Waals surface area contributed by atoms with Crippen molar-refractivity contribution in [3.63, 3.8) is 0 Å². The van der Waals surface area contributed by atoms with Crippen LogP contribution in [0, 0.1) is 11.8 Å². The van der Waals surface area contributed by atoms with Gasteiger partial charge in [-0.25, -0.2) is 0 Å². The summed E-state index contributed by atoms with van der Waals surface area (Å²) in [7, 11) is 6.77. The van der Waals surface area contributed by atoms with Gasteiger partial charge in [-0.1, -0.05) is 0 Å². The highest BCUT2D eigenvalue weighted by Gasteiger charge is 2.64. The van der Waals surface area contributed by atoms with Gasteiger partial charge in [0.1, 0.15) is 22.8 Å². The molecule has 3 aliphatic carbocycles. The van der Waals surface area contributed by atoms with Crippen molar-refractivity contribution in [1.82, 2.24) is 9.80 Å². The molecule has 1 fully saturated rings. The normalized spacial score (nSPS) is 26.7. The average molecular weight is 538 g/mol. The fraction of sp³-hybridized carbons (Fsp3) is 0.393. The number of aromatic hydroxyl groups is 1. The molecule has 0 aliphatic heterocycles. The van der Waals surface area contributed by atoms with E-state index in [0.29, 0.717) is 28.8 Å². The minimum Gasteiger partial charge on any atom is -0.508 e. The number of primary amides is 1. The summed E-state index contributed by atoms with van der Waals surface area (Å²) in [4.78, 5) is 42.7. The summed E-state index contributed by atoms with van der Waals surface area (Å²) in [5.41, 5.74) is 4.24. The van der Waals surface area contributed by atoms with Gasteiger partial charge in [0.2, 0.25) is 5.78 Å². The van der Waals surface area contributed by atoms with E-state index in [1.165, 1.54) is 11.2 Å². The topological polar surface area (TPSA) is 178 Å². The second kappa shape index (κ2) is 9.08. The molecule has 0 bridgehead atoms. The second-order valence-corrected chi connectivity index (χ2v) is 11.0. The average Bonchev–Trinajstić information content (AvgIpc) is 3.37. The number of nitrogens with two attached hydrogens (primary N) is 1. The zero-order valence-corrected chi connectivity index (χ0v) is 22.1. The number of benzene rings is 1. The SMILES string of the molecule is CN(C)Cc1cc(-c2ccoc2)c2c(c1O)C(O)=C1C(=O)[C@]3(O)C(O)=C(C(N)=O)C(=O)[C@@H](N(C)C)[C@@H]3C[C@@H]1C2. The summed E-state index contributed by atoms with van der Waals surface area (Å²) in [6.07, 6.45) is 3.28. The maximum atomic E-state index is 14.0. The smallest absolute Gasteiger partial charge is 0.255 e. The van der Waals surface area contributed by atoms with Crippen molar-refractivity contribution in [3.05, 3.63) is 58.3 Å². The molecule has 1 amide bonds. The Morgan fingerprint density at radius 1 is 1.18 bits per heavy atom. The van der Waals surface area contributed by atoms with E-state index in [-0.39, 0.29) is 29.7 Å². The van der Waals surface area contributed by atoms with E-state index >= 15 is 0 Å². The number of likely N-dealkylation sites (N-methyl/N-ethyl adjacent to an activating group) is 1. The molecule has 39 heavy (non-hydrogen) atoms. The highest BCUT2D eigenvalue weighted by molar-refractivity contribution is 6.24. The number of Topliss-reactive ketones (excluding diaryl/α,β-unsaturated/α-hetero) is 2. The molecule has 0 spiro atoms. The molecule has 6 N–H and O–H groups in total. The largest absolute Gasteiger partial charge is 0.508 e. The van der Waals surface area contributed by atoms with E-state index in [9.17, 15) is 34.8 Å². The van der Waals surface area contributed by atoms with Crippen LogP contribution < -0.4 is 5.73 Å². The minimum absolute atomic E-state index is 0.0246. The molecule has 11 nitrogen and oxygen atoms in total. The van der Waals surface area contributed by atoms with Crippen LogP contribution in [0.5, 0.6) is 5.75 Å². The van der Waals surface area contributed by atoms with E-state index < -0.39 is 58.0 Å². The quantitative estimate of drug-likeness (QED) is 0.349. The molecule has 1 saturated carbocycles. The molecule has 0 radical (unpaired) electrons. The number of carbonyl (C=O) groups is 3. The Morgan fingerprint density at radius 2 is 1.87 bits per heavy atom. The Morgan fingerprint density at radius 3 is 2.44 bits per heavy atom. The van der Waals surface area contributed by atoms with E-state index in [2.05, 4.69) is 0 Å². The fourth-order valence-corrected chi connectivity index (χ4v) is 6.50. The third-order valence-corrected chi connectivity index (χ3v) is 8.12. The number of phenols is 1. The highest BCUT2D eigenvalue weighted by Crippen LogP contribution is 2.54. The molecule has 2 aromatic rings. The molecule has 1 aromatic carbocycles. The molecule has 1 aromatic heterocycles. The summed E-state index contributed by atoms with van der Waals surface area (Å²) in [5, 5.41) is 45.6. The van der Waals surface area contributed by atoms with Crippen molar-refractivity contribution in [3.8, 4) is 16.9 Å². The number of ketones is 2. The Hall–Kier alpha value is -3.93. The second-order valence-electron chi connectivity index (χ2n) is 11.0. The first kappa shape index (κ1) is 26.7. The molecule has 0 unspecified atom stereocenters. The number of hydrogen-bond donors (Lipinski definition) is 5. The van der Waals surface area contributed by atoms with Gasteiger partial charge >= 0.3 is 0 Å². The van der Waals surface area contributed by atoms with Crippen LogP contribution in [0.4, 0.5) is 0 Å². The lowest BCUT2D eigenvalue weighted by molar-refractivity contribution is -0.153. The van der Waals surface area contributed by atoms with Gasteiger partial charge in [0.15, 0.2) is 11.4 Å². The predicted octanol–water partition coefficient (Wildman–Crippen LogP) is 1.29. The molecular weight excluding hydrogens is 506 g/mol. The van der Waals surface area contributed by atoms with Gasteiger partial charge in [-0.3, -0.25) is 19.3 Å². The maximum Gasteiger partial charge on any atom is 0.255 e. The van der Waals surface area contributed by atoms with Crippen LogP contribution >= 0.6 is 0 Å². The third kappa shape index (κ3) is 3.72. The van der Waals surface area contributed by atoms with Gasteiger partial charge in [-0.15, -0.1) is 0 Å². The first-order valence-electron chi connectivity index (χ1n) is 12.5. The lowest BCUT2D eigenvalue weighted by Gasteiger charge is -2.50. The lowest BCUT2D eigenvalue weighted by atomic mass is 9.57. The van der Waals surface area contributed by atoms with Crippen LogP contribution in [0.3, 0.4) is 0 Å². The summed E-state index contributed by atoms with van der Waals surface area (Å²) in [5.74, 6) is -6.71. The Labute approximate surface area is 224 Å². The van der Waals surface area contributed by atoms with Crippen molar-refractivity contribution in [2.24, 2.45) is 17.6 Å². The molecule has 5 rings (SSSR count). The zero-order valence-electron chi connectivity index (χ0n) is 22.1. The number of rotatable bonds is 5. The number of carbonyl (C=O) groups excluding carboxylic acids is 3. The molecule has 1 heterocycles. The monoisotopic (exact) mass is 537 g/mol. The Bertz CT molecular complexity index is 1470. The van der Waals surface area contributed by atoms with Crippen LogP contribution in [0.2, 0.25) is 0 Å². The molecule has 11 heteroatoms. The van der Waals surface area contributed by atoms with Crippen molar-refractivity contribution in [2.75, 3.05) is 28.2 Å². The summed E-state index contributed by atoms with van der Waals surface area (Å²) in [6.45, 7) is 0.327. The van der Waals surface area contributed by atoms with E-state index in [1.807, 2.05) is 25.1 Å². The number of nitrogens with zero attached hydrogens (tertiary/aromatic N) is 2. The summed E-state index contributed by atoms with van der Waals surface area (Å²) in [6, 6.07) is 2.44. The molecular formula is C28H31N3O8. The summed E-state index contributed by atoms with van der Waals surface area (Å²) >= 11 is 0. The standard InChI is InChI=1S/C28H31N3O8/c1-30(2)10-14-8-15(12-5-6-39-11-12)16-7-13-9-17-21(31(3)4)24(34)20(27(29)37)26(36)28(17,38)25(35)18(13)23(33)19(16)22(14)32/h5-6,8,11,13,17,21,32-33,36,38H,7,9-10H2,1-4H3,(H2,29,37)/t13-,17-,21-,28-/m0/s1. The van der Waals surface area contributed by atoms with Crippen LogP contribution in [-0.2, 0) is 27.3 Å². The van der Waals surface area contributed by atoms with Crippen LogP contribution in [0.25, 0.3) is 16.9 Å². The van der Waals surface area contributed by atoms with Crippen molar-refractivity contribution in [1.29, 1.82) is 0 Å². The lowest BCUT2D eigenvalue weighted by Crippen LogP contribution is -2.65. The van der Waals surface area contributed by atoms with Gasteiger partial charge in [0, 0.05) is 29.2 Å². The van der Waals surface area contributed by atoms with Gasteiger partial charge in [-0.05, 0) is 70.2 Å². The summed E-state index contributed by atoms with van der Waals surface area (Å²) < 4.78 is 5.29. The number of furan rings is 1. The van der Waals surface area contributed by atoms with Gasteiger partial charge in [-0.2, -0.15) is 0 Å². The van der Waals surface area contributed by atoms with Crippen molar-refractivity contribution in [2.45, 2.75) is 31.0 Å². The van der Waals surface area contributed by atoms with Gasteiger partial charge in [0.05, 0.1) is 24.1 Å². The Balaban J connectivity index is 1.77. The van der Waals surface area contributed by atoms with Gasteiger partial charge in [0.25, 0.3) is 5.91 Å². The van der Waals surface area contributed by atoms with E-state index in [4.69, 9.17) is 10.2 Å². The first-order valence-corrected chi connectivity index (χ1v) is 12.5. The highest BCUT2D eigenvalue weighted by atomic mass is 16.3. The number of fused-ring (bicyclic) bond motifs is 3.